The molecule has 2 amide bonds. The monoisotopic (exact) mass is 328 g/mol. The predicted molar refractivity (Wildman–Crippen MR) is 90.4 cm³/mol. The van der Waals surface area contributed by atoms with Gasteiger partial charge in [0.2, 0.25) is 0 Å². The lowest BCUT2D eigenvalue weighted by atomic mass is 10.2. The standard InChI is InChI=1S/C18H20N2O4/c1-2-24-14-9-7-13(8-10-14)17(22)19-11-12-20-18(23)15-5-3-4-6-16(15)21/h3-10,21H,2,11-12H2,1H3,(H,19,22)(H,20,23). The highest BCUT2D eigenvalue weighted by Crippen LogP contribution is 2.14. The molecule has 6 nitrogen and oxygen atoms in total. The number of nitrogens with one attached hydrogen (secondary N) is 2. The van der Waals surface area contributed by atoms with Crippen LogP contribution in [0.4, 0.5) is 0 Å². The molecule has 0 radical (unpaired) electrons. The van der Waals surface area contributed by atoms with Gasteiger partial charge in [0.15, 0.2) is 0 Å². The number of para-hydroxylation sites is 1. The number of amides is 2. The maximum Gasteiger partial charge on any atom is 0.255 e. The van der Waals surface area contributed by atoms with E-state index in [4.69, 9.17) is 4.74 Å². The second-order valence-corrected chi connectivity index (χ2v) is 4.99. The third kappa shape index (κ3) is 4.74. The van der Waals surface area contributed by atoms with Crippen LogP contribution >= 0.6 is 0 Å². The van der Waals surface area contributed by atoms with E-state index in [0.717, 1.165) is 0 Å². The number of benzene rings is 2. The summed E-state index contributed by atoms with van der Waals surface area (Å²) in [5.41, 5.74) is 0.723. The van der Waals surface area contributed by atoms with Gasteiger partial charge in [-0.3, -0.25) is 9.59 Å². The normalized spacial score (nSPS) is 10.0. The van der Waals surface area contributed by atoms with Crippen molar-refractivity contribution in [1.29, 1.82) is 0 Å². The summed E-state index contributed by atoms with van der Waals surface area (Å²) < 4.78 is 5.32. The summed E-state index contributed by atoms with van der Waals surface area (Å²) in [6.07, 6.45) is 0. The molecule has 0 saturated heterocycles. The third-order valence-corrected chi connectivity index (χ3v) is 3.27. The lowest BCUT2D eigenvalue weighted by Gasteiger charge is -2.09. The van der Waals surface area contributed by atoms with Crippen LogP contribution in [0, 0.1) is 0 Å². The van der Waals surface area contributed by atoms with Crippen LogP contribution in [0.1, 0.15) is 27.6 Å². The maximum atomic E-state index is 12.0. The van der Waals surface area contributed by atoms with Gasteiger partial charge < -0.3 is 20.5 Å². The largest absolute Gasteiger partial charge is 0.507 e. The number of rotatable bonds is 7. The Kier molecular flexibility index (Phi) is 6.19. The molecule has 2 aromatic carbocycles. The van der Waals surface area contributed by atoms with Crippen molar-refractivity contribution in [2.75, 3.05) is 19.7 Å². The summed E-state index contributed by atoms with van der Waals surface area (Å²) in [4.78, 5) is 23.9. The minimum atomic E-state index is -0.386. The zero-order valence-corrected chi connectivity index (χ0v) is 13.4. The van der Waals surface area contributed by atoms with Crippen LogP contribution in [0.5, 0.6) is 11.5 Å². The number of hydrogen-bond acceptors (Lipinski definition) is 4. The first-order valence-electron chi connectivity index (χ1n) is 7.69. The molecule has 0 aliphatic carbocycles. The second-order valence-electron chi connectivity index (χ2n) is 4.99. The zero-order valence-electron chi connectivity index (χ0n) is 13.4. The predicted octanol–water partition coefficient (Wildman–Crippen LogP) is 1.95. The topological polar surface area (TPSA) is 87.7 Å². The van der Waals surface area contributed by atoms with Crippen LogP contribution in [0.3, 0.4) is 0 Å². The highest BCUT2D eigenvalue weighted by Gasteiger charge is 2.10. The number of phenolic OH excluding ortho intramolecular Hbond substituents is 1. The van der Waals surface area contributed by atoms with Gasteiger partial charge in [-0.05, 0) is 43.3 Å². The molecule has 24 heavy (non-hydrogen) atoms. The molecule has 6 heteroatoms. The molecule has 3 N–H and O–H groups in total. The molecule has 0 aromatic heterocycles. The highest BCUT2D eigenvalue weighted by atomic mass is 16.5. The fraction of sp³-hybridized carbons (Fsp3) is 0.222. The van der Waals surface area contributed by atoms with E-state index in [1.54, 1.807) is 36.4 Å². The van der Waals surface area contributed by atoms with E-state index in [2.05, 4.69) is 10.6 Å². The van der Waals surface area contributed by atoms with Crippen molar-refractivity contribution in [2.24, 2.45) is 0 Å². The van der Waals surface area contributed by atoms with Crippen LogP contribution in [-0.4, -0.2) is 36.6 Å². The highest BCUT2D eigenvalue weighted by molar-refractivity contribution is 5.97. The molecule has 2 aromatic rings. The Morgan fingerprint density at radius 1 is 0.958 bits per heavy atom. The molecule has 0 saturated carbocycles. The van der Waals surface area contributed by atoms with Gasteiger partial charge >= 0.3 is 0 Å². The van der Waals surface area contributed by atoms with Gasteiger partial charge in [0, 0.05) is 18.7 Å². The van der Waals surface area contributed by atoms with Crippen molar-refractivity contribution in [1.82, 2.24) is 10.6 Å². The van der Waals surface area contributed by atoms with Crippen molar-refractivity contribution in [2.45, 2.75) is 6.92 Å². The average molecular weight is 328 g/mol. The Labute approximate surface area is 140 Å². The van der Waals surface area contributed by atoms with Gasteiger partial charge in [-0.1, -0.05) is 12.1 Å². The van der Waals surface area contributed by atoms with E-state index >= 15 is 0 Å². The minimum Gasteiger partial charge on any atom is -0.507 e. The Balaban J connectivity index is 1.76. The molecule has 0 heterocycles. The van der Waals surface area contributed by atoms with Crippen molar-refractivity contribution in [3.05, 3.63) is 59.7 Å². The molecule has 0 aliphatic heterocycles. The number of carbonyl (C=O) groups is 2. The fourth-order valence-electron chi connectivity index (χ4n) is 2.08. The maximum absolute atomic E-state index is 12.0. The summed E-state index contributed by atoms with van der Waals surface area (Å²) in [7, 11) is 0. The molecule has 0 atom stereocenters. The number of carbonyl (C=O) groups excluding carboxylic acids is 2. The molecular formula is C18H20N2O4. The Morgan fingerprint density at radius 3 is 2.21 bits per heavy atom. The summed E-state index contributed by atoms with van der Waals surface area (Å²) in [6, 6.07) is 13.1. The Bertz CT molecular complexity index is 698. The first-order valence-corrected chi connectivity index (χ1v) is 7.69. The Hall–Kier alpha value is -3.02. The van der Waals surface area contributed by atoms with Crippen molar-refractivity contribution >= 4 is 11.8 Å². The molecule has 0 bridgehead atoms. The van der Waals surface area contributed by atoms with Crippen LogP contribution in [-0.2, 0) is 0 Å². The number of ether oxygens (including phenoxy) is 1. The van der Waals surface area contributed by atoms with Crippen LogP contribution in [0.25, 0.3) is 0 Å². The summed E-state index contributed by atoms with van der Waals surface area (Å²) in [6.45, 7) is 3.01. The molecule has 0 aliphatic rings. The molecule has 0 fully saturated rings. The minimum absolute atomic E-state index is 0.0755. The zero-order chi connectivity index (χ0) is 17.4. The summed E-state index contributed by atoms with van der Waals surface area (Å²) in [5.74, 6) is 0.0238. The third-order valence-electron chi connectivity index (χ3n) is 3.27. The van der Waals surface area contributed by atoms with E-state index < -0.39 is 0 Å². The Morgan fingerprint density at radius 2 is 1.58 bits per heavy atom. The van der Waals surface area contributed by atoms with Gasteiger partial charge in [-0.2, -0.15) is 0 Å². The average Bonchev–Trinajstić information content (AvgIpc) is 2.59. The van der Waals surface area contributed by atoms with E-state index in [9.17, 15) is 14.7 Å². The smallest absolute Gasteiger partial charge is 0.255 e. The lowest BCUT2D eigenvalue weighted by molar-refractivity contribution is 0.0926. The number of hydrogen-bond donors (Lipinski definition) is 3. The SMILES string of the molecule is CCOc1ccc(C(=O)NCCNC(=O)c2ccccc2O)cc1. The number of aromatic hydroxyl groups is 1. The molecule has 126 valence electrons. The van der Waals surface area contributed by atoms with Gasteiger partial charge in [-0.25, -0.2) is 0 Å². The van der Waals surface area contributed by atoms with E-state index in [1.165, 1.54) is 12.1 Å². The summed E-state index contributed by atoms with van der Waals surface area (Å²) in [5, 5.41) is 14.9. The van der Waals surface area contributed by atoms with Crippen molar-refractivity contribution in [3.63, 3.8) is 0 Å². The quantitative estimate of drug-likeness (QED) is 0.678. The van der Waals surface area contributed by atoms with Crippen LogP contribution in [0.2, 0.25) is 0 Å². The van der Waals surface area contributed by atoms with Gasteiger partial charge in [0.05, 0.1) is 12.2 Å². The molecule has 0 unspecified atom stereocenters. The first-order chi connectivity index (χ1) is 11.6. The van der Waals surface area contributed by atoms with Crippen LogP contribution < -0.4 is 15.4 Å². The summed E-state index contributed by atoms with van der Waals surface area (Å²) >= 11 is 0. The lowest BCUT2D eigenvalue weighted by Crippen LogP contribution is -2.34. The molecule has 2 rings (SSSR count). The van der Waals surface area contributed by atoms with Gasteiger partial charge in [-0.15, -0.1) is 0 Å². The van der Waals surface area contributed by atoms with E-state index in [-0.39, 0.29) is 36.2 Å². The van der Waals surface area contributed by atoms with Crippen molar-refractivity contribution < 1.29 is 19.4 Å². The number of phenols is 1. The van der Waals surface area contributed by atoms with Crippen LogP contribution in [0.15, 0.2) is 48.5 Å². The first kappa shape index (κ1) is 17.3. The molecular weight excluding hydrogens is 308 g/mol. The second kappa shape index (κ2) is 8.57. The van der Waals surface area contributed by atoms with E-state index in [0.29, 0.717) is 17.9 Å². The van der Waals surface area contributed by atoms with Gasteiger partial charge in [0.1, 0.15) is 11.5 Å². The molecule has 0 spiro atoms. The fourth-order valence-corrected chi connectivity index (χ4v) is 2.08. The van der Waals surface area contributed by atoms with Gasteiger partial charge in [0.25, 0.3) is 11.8 Å². The van der Waals surface area contributed by atoms with Crippen molar-refractivity contribution in [3.8, 4) is 11.5 Å². The van der Waals surface area contributed by atoms with E-state index in [1.807, 2.05) is 6.92 Å².